The topological polar surface area (TPSA) is 134 Å². The van der Waals surface area contributed by atoms with Gasteiger partial charge >= 0.3 is 19.8 Å². The monoisotopic (exact) mass is 816 g/mol. The molecule has 1 unspecified atom stereocenters. The van der Waals surface area contributed by atoms with Crippen LogP contribution in [0.2, 0.25) is 0 Å². The fraction of sp³-hybridized carbons (Fsp3) is 0.617. The van der Waals surface area contributed by atoms with E-state index < -0.39 is 32.5 Å². The molecule has 0 saturated carbocycles. The zero-order chi connectivity index (χ0) is 41.8. The summed E-state index contributed by atoms with van der Waals surface area (Å²) < 4.78 is 32.6. The minimum atomic E-state index is -4.41. The molecule has 9 nitrogen and oxygen atoms in total. The number of esters is 2. The van der Waals surface area contributed by atoms with Gasteiger partial charge in [-0.1, -0.05) is 156 Å². The van der Waals surface area contributed by atoms with Crippen LogP contribution in [0.25, 0.3) is 0 Å². The van der Waals surface area contributed by atoms with E-state index in [4.69, 9.17) is 24.3 Å². The lowest BCUT2D eigenvalue weighted by Crippen LogP contribution is -2.29. The van der Waals surface area contributed by atoms with Crippen molar-refractivity contribution < 1.29 is 37.6 Å². The molecular formula is C47H78NO8P. The quantitative estimate of drug-likeness (QED) is 0.0269. The number of carbonyl (C=O) groups excluding carboxylic acids is 2. The summed E-state index contributed by atoms with van der Waals surface area (Å²) >= 11 is 0. The van der Waals surface area contributed by atoms with Crippen molar-refractivity contribution in [3.63, 3.8) is 0 Å². The summed E-state index contributed by atoms with van der Waals surface area (Å²) in [6.07, 6.45) is 54.6. The van der Waals surface area contributed by atoms with E-state index in [0.29, 0.717) is 19.3 Å². The minimum absolute atomic E-state index is 0.0311. The maximum atomic E-state index is 12.6. The van der Waals surface area contributed by atoms with E-state index in [9.17, 15) is 19.0 Å². The Balaban J connectivity index is 4.39. The first kappa shape index (κ1) is 53.9. The van der Waals surface area contributed by atoms with Gasteiger partial charge in [0.25, 0.3) is 0 Å². The van der Waals surface area contributed by atoms with Gasteiger partial charge in [-0.15, -0.1) is 0 Å². The number of ether oxygens (including phenoxy) is 2. The molecular weight excluding hydrogens is 737 g/mol. The average Bonchev–Trinajstić information content (AvgIpc) is 3.20. The third kappa shape index (κ3) is 42.4. The molecule has 0 fully saturated rings. The van der Waals surface area contributed by atoms with E-state index in [1.54, 1.807) is 0 Å². The fourth-order valence-corrected chi connectivity index (χ4v) is 5.98. The van der Waals surface area contributed by atoms with Crippen molar-refractivity contribution in [3.8, 4) is 0 Å². The normalized spacial score (nSPS) is 14.2. The average molecular weight is 816 g/mol. The van der Waals surface area contributed by atoms with E-state index in [1.165, 1.54) is 64.2 Å². The number of allylic oxidation sites excluding steroid dienone is 16. The maximum absolute atomic E-state index is 12.6. The molecule has 0 rings (SSSR count). The van der Waals surface area contributed by atoms with E-state index >= 15 is 0 Å². The maximum Gasteiger partial charge on any atom is 0.472 e. The number of rotatable bonds is 39. The molecule has 0 heterocycles. The Bertz CT molecular complexity index is 1250. The van der Waals surface area contributed by atoms with E-state index in [1.807, 2.05) is 18.2 Å². The number of hydrogen-bond donors (Lipinski definition) is 2. The lowest BCUT2D eigenvalue weighted by molar-refractivity contribution is -0.161. The molecule has 2 atom stereocenters. The van der Waals surface area contributed by atoms with Crippen molar-refractivity contribution in [1.82, 2.24) is 0 Å². The Morgan fingerprint density at radius 1 is 0.526 bits per heavy atom. The van der Waals surface area contributed by atoms with Gasteiger partial charge in [0, 0.05) is 19.4 Å². The van der Waals surface area contributed by atoms with Crippen LogP contribution in [0, 0.1) is 0 Å². The lowest BCUT2D eigenvalue weighted by atomic mass is 10.1. The predicted octanol–water partition coefficient (Wildman–Crippen LogP) is 12.6. The van der Waals surface area contributed by atoms with Crippen LogP contribution < -0.4 is 5.73 Å². The third-order valence-corrected chi connectivity index (χ3v) is 9.44. The van der Waals surface area contributed by atoms with Crippen molar-refractivity contribution >= 4 is 19.8 Å². The standard InChI is InChI=1S/C47H78NO8P/c1-3-5-7-9-11-13-15-17-19-21-22-24-25-27-29-31-33-35-37-39-46(49)53-43-45(44-55-57(51,52)54-42-41-48)56-47(50)40-38-36-34-32-30-28-26-23-20-18-16-14-12-10-8-6-4-2/h11,13,17-20,22,24,26-29,32-35,45H,3-10,12,14-16,21,23,25,30-31,36-44,48H2,1-2H3,(H,51,52)/t45-/m1/s1. The van der Waals surface area contributed by atoms with Crippen molar-refractivity contribution in [2.24, 2.45) is 5.73 Å². The second-order valence-corrected chi connectivity index (χ2v) is 15.3. The number of unbranched alkanes of at least 4 members (excludes halogenated alkanes) is 10. The molecule has 0 aromatic carbocycles. The smallest absolute Gasteiger partial charge is 0.462 e. The van der Waals surface area contributed by atoms with Gasteiger partial charge < -0.3 is 20.1 Å². The van der Waals surface area contributed by atoms with Gasteiger partial charge in [-0.05, 0) is 83.5 Å². The van der Waals surface area contributed by atoms with Gasteiger partial charge in [0.1, 0.15) is 6.61 Å². The summed E-state index contributed by atoms with van der Waals surface area (Å²) in [4.78, 5) is 34.8. The zero-order valence-electron chi connectivity index (χ0n) is 35.5. The summed E-state index contributed by atoms with van der Waals surface area (Å²) in [5, 5.41) is 0. The molecule has 0 aromatic heterocycles. The van der Waals surface area contributed by atoms with E-state index in [2.05, 4.69) is 92.8 Å². The Kier molecular flexibility index (Phi) is 40.2. The van der Waals surface area contributed by atoms with Gasteiger partial charge in [0.15, 0.2) is 6.10 Å². The highest BCUT2D eigenvalue weighted by molar-refractivity contribution is 7.47. The SMILES string of the molecule is CCCCCC=CCC=CCC=CCC=CCC=CCCC(=O)OC[C@H](COP(=O)(O)OCCN)OC(=O)CCCC=CCC=CCC=CCCCCCCCC. The first-order valence-electron chi connectivity index (χ1n) is 21.7. The van der Waals surface area contributed by atoms with Crippen LogP contribution in [0.1, 0.15) is 155 Å². The predicted molar refractivity (Wildman–Crippen MR) is 238 cm³/mol. The number of nitrogens with two attached hydrogens (primary N) is 1. The first-order valence-corrected chi connectivity index (χ1v) is 23.2. The van der Waals surface area contributed by atoms with Crippen LogP contribution in [0.15, 0.2) is 97.2 Å². The third-order valence-electron chi connectivity index (χ3n) is 8.46. The molecule has 0 aliphatic carbocycles. The molecule has 0 aliphatic rings. The molecule has 0 amide bonds. The first-order chi connectivity index (χ1) is 27.8. The molecule has 0 saturated heterocycles. The molecule has 0 aliphatic heterocycles. The van der Waals surface area contributed by atoms with Crippen LogP contribution in [-0.2, 0) is 32.7 Å². The van der Waals surface area contributed by atoms with Gasteiger partial charge in [-0.25, -0.2) is 4.57 Å². The zero-order valence-corrected chi connectivity index (χ0v) is 36.4. The molecule has 0 bridgehead atoms. The van der Waals surface area contributed by atoms with Crippen molar-refractivity contribution in [2.45, 2.75) is 161 Å². The minimum Gasteiger partial charge on any atom is -0.462 e. The molecule has 0 aromatic rings. The van der Waals surface area contributed by atoms with Crippen LogP contribution in [0.3, 0.4) is 0 Å². The van der Waals surface area contributed by atoms with Crippen LogP contribution >= 0.6 is 7.82 Å². The molecule has 0 spiro atoms. The summed E-state index contributed by atoms with van der Waals surface area (Å²) in [5.74, 6) is -0.996. The summed E-state index contributed by atoms with van der Waals surface area (Å²) in [5.41, 5.74) is 5.34. The molecule has 324 valence electrons. The molecule has 0 radical (unpaired) electrons. The van der Waals surface area contributed by atoms with Gasteiger partial charge in [0.05, 0.1) is 13.2 Å². The largest absolute Gasteiger partial charge is 0.472 e. The van der Waals surface area contributed by atoms with E-state index in [-0.39, 0.29) is 32.6 Å². The molecule has 10 heteroatoms. The summed E-state index contributed by atoms with van der Waals surface area (Å²) in [7, 11) is -4.41. The Hall–Kier alpha value is -3.07. The second kappa shape index (κ2) is 42.5. The highest BCUT2D eigenvalue weighted by Gasteiger charge is 2.25. The van der Waals surface area contributed by atoms with E-state index in [0.717, 1.165) is 44.9 Å². The number of carbonyl (C=O) groups is 2. The second-order valence-electron chi connectivity index (χ2n) is 13.8. The fourth-order valence-electron chi connectivity index (χ4n) is 5.22. The highest BCUT2D eigenvalue weighted by atomic mass is 31.2. The van der Waals surface area contributed by atoms with Crippen molar-refractivity contribution in [2.75, 3.05) is 26.4 Å². The highest BCUT2D eigenvalue weighted by Crippen LogP contribution is 2.43. The molecule has 57 heavy (non-hydrogen) atoms. The lowest BCUT2D eigenvalue weighted by Gasteiger charge is -2.19. The summed E-state index contributed by atoms with van der Waals surface area (Å²) in [6, 6.07) is 0. The Labute approximate surface area is 346 Å². The summed E-state index contributed by atoms with van der Waals surface area (Å²) in [6.45, 7) is 3.53. The van der Waals surface area contributed by atoms with Gasteiger partial charge in [-0.3, -0.25) is 18.6 Å². The number of phosphoric ester groups is 1. The van der Waals surface area contributed by atoms with Crippen LogP contribution in [0.5, 0.6) is 0 Å². The van der Waals surface area contributed by atoms with Gasteiger partial charge in [-0.2, -0.15) is 0 Å². The van der Waals surface area contributed by atoms with Gasteiger partial charge in [0.2, 0.25) is 0 Å². The molecule has 3 N–H and O–H groups in total. The van der Waals surface area contributed by atoms with Crippen LogP contribution in [0.4, 0.5) is 0 Å². The number of phosphoric acid groups is 1. The van der Waals surface area contributed by atoms with Crippen LogP contribution in [-0.4, -0.2) is 49.3 Å². The van der Waals surface area contributed by atoms with Crippen molar-refractivity contribution in [3.05, 3.63) is 97.2 Å². The Morgan fingerprint density at radius 2 is 0.947 bits per heavy atom. The number of hydrogen-bond acceptors (Lipinski definition) is 8. The Morgan fingerprint density at radius 3 is 1.46 bits per heavy atom. The van der Waals surface area contributed by atoms with Crippen molar-refractivity contribution in [1.29, 1.82) is 0 Å².